The number of fused-ring (bicyclic) bond motifs is 1. The SMILES string of the molecule is Cc1ccc2nc(C)cc(C(=O)NNC(=O)c3cc(C)oc3C)c2c1. The number of hydrogen-bond donors (Lipinski definition) is 2. The highest BCUT2D eigenvalue weighted by molar-refractivity contribution is 6.07. The first-order valence-corrected chi connectivity index (χ1v) is 7.91. The Labute approximate surface area is 145 Å². The molecule has 6 nitrogen and oxygen atoms in total. The van der Waals surface area contributed by atoms with Gasteiger partial charge in [-0.1, -0.05) is 11.6 Å². The minimum Gasteiger partial charge on any atom is -0.466 e. The van der Waals surface area contributed by atoms with Crippen LogP contribution < -0.4 is 10.9 Å². The Morgan fingerprint density at radius 3 is 2.24 bits per heavy atom. The predicted octanol–water partition coefficient (Wildman–Crippen LogP) is 3.14. The van der Waals surface area contributed by atoms with Crippen molar-refractivity contribution in [2.75, 3.05) is 0 Å². The van der Waals surface area contributed by atoms with E-state index in [1.807, 2.05) is 32.0 Å². The number of aryl methyl sites for hydroxylation is 4. The van der Waals surface area contributed by atoms with Gasteiger partial charge in [-0.25, -0.2) is 0 Å². The van der Waals surface area contributed by atoms with Crippen LogP contribution in [0.25, 0.3) is 10.9 Å². The number of benzene rings is 1. The summed E-state index contributed by atoms with van der Waals surface area (Å²) >= 11 is 0. The van der Waals surface area contributed by atoms with Crippen molar-refractivity contribution < 1.29 is 14.0 Å². The molecule has 2 amide bonds. The molecule has 2 aromatic heterocycles. The number of carbonyl (C=O) groups excluding carboxylic acids is 2. The lowest BCUT2D eigenvalue weighted by atomic mass is 10.0. The van der Waals surface area contributed by atoms with Gasteiger partial charge >= 0.3 is 0 Å². The van der Waals surface area contributed by atoms with E-state index in [0.717, 1.165) is 22.2 Å². The van der Waals surface area contributed by atoms with E-state index in [2.05, 4.69) is 15.8 Å². The highest BCUT2D eigenvalue weighted by atomic mass is 16.3. The standard InChI is InChI=1S/C19H19N3O3/c1-10-5-6-17-15(7-10)16(8-11(2)20-17)19(24)22-21-18(23)14-9-12(3)25-13(14)4/h5-9H,1-4H3,(H,21,23)(H,22,24). The Morgan fingerprint density at radius 1 is 0.920 bits per heavy atom. The number of amides is 2. The average Bonchev–Trinajstić information content (AvgIpc) is 2.90. The van der Waals surface area contributed by atoms with Crippen LogP contribution in [0.5, 0.6) is 0 Å². The molecule has 0 unspecified atom stereocenters. The van der Waals surface area contributed by atoms with Gasteiger partial charge in [0.05, 0.1) is 16.6 Å². The largest absolute Gasteiger partial charge is 0.466 e. The summed E-state index contributed by atoms with van der Waals surface area (Å²) in [5.74, 6) is 0.326. The second kappa shape index (κ2) is 6.39. The molecule has 2 heterocycles. The van der Waals surface area contributed by atoms with E-state index in [0.29, 0.717) is 22.6 Å². The van der Waals surface area contributed by atoms with Crippen LogP contribution in [-0.4, -0.2) is 16.8 Å². The maximum Gasteiger partial charge on any atom is 0.273 e. The number of aromatic nitrogens is 1. The van der Waals surface area contributed by atoms with Crippen LogP contribution in [0.2, 0.25) is 0 Å². The van der Waals surface area contributed by atoms with Gasteiger partial charge in [0.1, 0.15) is 11.5 Å². The average molecular weight is 337 g/mol. The molecule has 0 radical (unpaired) electrons. The quantitative estimate of drug-likeness (QED) is 0.704. The van der Waals surface area contributed by atoms with Crippen molar-refractivity contribution in [3.8, 4) is 0 Å². The molecule has 0 atom stereocenters. The lowest BCUT2D eigenvalue weighted by Crippen LogP contribution is -2.41. The van der Waals surface area contributed by atoms with E-state index < -0.39 is 11.8 Å². The zero-order valence-electron chi connectivity index (χ0n) is 14.6. The minimum absolute atomic E-state index is 0.393. The summed E-state index contributed by atoms with van der Waals surface area (Å²) in [5.41, 5.74) is 8.25. The van der Waals surface area contributed by atoms with Gasteiger partial charge in [-0.05, 0) is 52.0 Å². The van der Waals surface area contributed by atoms with E-state index in [4.69, 9.17) is 4.42 Å². The van der Waals surface area contributed by atoms with E-state index in [1.54, 1.807) is 26.0 Å². The van der Waals surface area contributed by atoms with Gasteiger partial charge in [-0.3, -0.25) is 25.4 Å². The van der Waals surface area contributed by atoms with Crippen LogP contribution in [-0.2, 0) is 0 Å². The van der Waals surface area contributed by atoms with Crippen molar-refractivity contribution in [2.24, 2.45) is 0 Å². The number of pyridine rings is 1. The zero-order valence-corrected chi connectivity index (χ0v) is 14.6. The summed E-state index contributed by atoms with van der Waals surface area (Å²) in [4.78, 5) is 29.2. The third-order valence-corrected chi connectivity index (χ3v) is 3.91. The Balaban J connectivity index is 1.84. The minimum atomic E-state index is -0.422. The summed E-state index contributed by atoms with van der Waals surface area (Å²) in [6, 6.07) is 9.07. The van der Waals surface area contributed by atoms with E-state index in [-0.39, 0.29) is 0 Å². The monoisotopic (exact) mass is 337 g/mol. The molecule has 128 valence electrons. The Morgan fingerprint density at radius 2 is 1.60 bits per heavy atom. The topological polar surface area (TPSA) is 84.2 Å². The van der Waals surface area contributed by atoms with Gasteiger partial charge in [0.2, 0.25) is 0 Å². The fourth-order valence-electron chi connectivity index (χ4n) is 2.76. The number of hydrogen-bond acceptors (Lipinski definition) is 4. The summed E-state index contributed by atoms with van der Waals surface area (Å²) < 4.78 is 5.33. The van der Waals surface area contributed by atoms with Gasteiger partial charge < -0.3 is 4.42 Å². The fourth-order valence-corrected chi connectivity index (χ4v) is 2.76. The third-order valence-electron chi connectivity index (χ3n) is 3.91. The first kappa shape index (κ1) is 16.7. The van der Waals surface area contributed by atoms with Gasteiger partial charge in [0, 0.05) is 11.1 Å². The summed E-state index contributed by atoms with van der Waals surface area (Å²) in [6.07, 6.45) is 0. The Hall–Kier alpha value is -3.15. The van der Waals surface area contributed by atoms with Gasteiger partial charge in [0.15, 0.2) is 0 Å². The molecular formula is C19H19N3O3. The third kappa shape index (κ3) is 3.38. The van der Waals surface area contributed by atoms with Crippen molar-refractivity contribution in [1.82, 2.24) is 15.8 Å². The van der Waals surface area contributed by atoms with E-state index in [9.17, 15) is 9.59 Å². The van der Waals surface area contributed by atoms with Crippen LogP contribution in [0.1, 0.15) is 43.5 Å². The molecule has 6 heteroatoms. The lowest BCUT2D eigenvalue weighted by molar-refractivity contribution is 0.0846. The van der Waals surface area contributed by atoms with Crippen LogP contribution >= 0.6 is 0 Å². The van der Waals surface area contributed by atoms with Gasteiger partial charge in [0.25, 0.3) is 11.8 Å². The lowest BCUT2D eigenvalue weighted by Gasteiger charge is -2.10. The van der Waals surface area contributed by atoms with Crippen molar-refractivity contribution in [3.63, 3.8) is 0 Å². The van der Waals surface area contributed by atoms with Crippen molar-refractivity contribution in [1.29, 1.82) is 0 Å². The summed E-state index contributed by atoms with van der Waals surface area (Å²) in [5, 5.41) is 0.743. The molecule has 0 aliphatic heterocycles. The number of hydrazine groups is 1. The number of nitrogens with one attached hydrogen (secondary N) is 2. The fraction of sp³-hybridized carbons (Fsp3) is 0.211. The summed E-state index contributed by atoms with van der Waals surface area (Å²) in [6.45, 7) is 7.24. The summed E-state index contributed by atoms with van der Waals surface area (Å²) in [7, 11) is 0. The zero-order chi connectivity index (χ0) is 18.1. The van der Waals surface area contributed by atoms with Crippen LogP contribution in [0.15, 0.2) is 34.7 Å². The second-order valence-corrected chi connectivity index (χ2v) is 6.07. The van der Waals surface area contributed by atoms with Crippen LogP contribution in [0, 0.1) is 27.7 Å². The molecular weight excluding hydrogens is 318 g/mol. The first-order valence-electron chi connectivity index (χ1n) is 7.91. The molecule has 3 aromatic rings. The molecule has 0 aliphatic rings. The molecule has 0 bridgehead atoms. The molecule has 0 fully saturated rings. The number of furan rings is 1. The molecule has 0 saturated carbocycles. The van der Waals surface area contributed by atoms with Gasteiger partial charge in [-0.2, -0.15) is 0 Å². The van der Waals surface area contributed by atoms with E-state index >= 15 is 0 Å². The molecule has 3 rings (SSSR count). The molecule has 2 N–H and O–H groups in total. The van der Waals surface area contributed by atoms with Crippen molar-refractivity contribution in [3.05, 3.63) is 64.2 Å². The molecule has 1 aromatic carbocycles. The second-order valence-electron chi connectivity index (χ2n) is 6.07. The number of rotatable bonds is 2. The molecule has 0 saturated heterocycles. The van der Waals surface area contributed by atoms with Crippen LogP contribution in [0.3, 0.4) is 0 Å². The van der Waals surface area contributed by atoms with Crippen molar-refractivity contribution >= 4 is 22.7 Å². The first-order chi connectivity index (χ1) is 11.8. The van der Waals surface area contributed by atoms with Crippen LogP contribution in [0.4, 0.5) is 0 Å². The number of carbonyl (C=O) groups is 2. The predicted molar refractivity (Wildman–Crippen MR) is 94.3 cm³/mol. The smallest absolute Gasteiger partial charge is 0.273 e. The van der Waals surface area contributed by atoms with E-state index in [1.165, 1.54) is 0 Å². The molecule has 25 heavy (non-hydrogen) atoms. The molecule has 0 spiro atoms. The maximum absolute atomic E-state index is 12.6. The number of nitrogens with zero attached hydrogens (tertiary/aromatic N) is 1. The Bertz CT molecular complexity index is 989. The highest BCUT2D eigenvalue weighted by Gasteiger charge is 2.16. The van der Waals surface area contributed by atoms with Gasteiger partial charge in [-0.15, -0.1) is 0 Å². The molecule has 0 aliphatic carbocycles. The van der Waals surface area contributed by atoms with Crippen molar-refractivity contribution in [2.45, 2.75) is 27.7 Å². The highest BCUT2D eigenvalue weighted by Crippen LogP contribution is 2.20. The normalized spacial score (nSPS) is 10.7. The maximum atomic E-state index is 12.6. The Kier molecular flexibility index (Phi) is 4.27.